The average molecular weight is 254 g/mol. The minimum Gasteiger partial charge on any atom is -0.493 e. The highest BCUT2D eigenvalue weighted by molar-refractivity contribution is 5.37. The molecule has 1 aliphatic rings. The molecule has 0 radical (unpaired) electrons. The maximum atomic E-state index is 5.67. The third kappa shape index (κ3) is 2.76. The highest BCUT2D eigenvalue weighted by Gasteiger charge is 2.20. The smallest absolute Gasteiger partial charge is 0.124 e. The standard InChI is InChI=1S/C16H18N2O/c1-12-6-7-13(10-17-12)11-18-15-8-9-19-16-5-3-2-4-14(15)16/h2-7,10,15,18H,8-9,11H2,1H3. The van der Waals surface area contributed by atoms with Crippen LogP contribution < -0.4 is 10.1 Å². The van der Waals surface area contributed by atoms with Gasteiger partial charge in [0.2, 0.25) is 0 Å². The van der Waals surface area contributed by atoms with Gasteiger partial charge in [0.05, 0.1) is 6.61 Å². The van der Waals surface area contributed by atoms with E-state index >= 15 is 0 Å². The Morgan fingerprint density at radius 2 is 2.16 bits per heavy atom. The molecule has 1 atom stereocenters. The number of ether oxygens (including phenoxy) is 1. The van der Waals surface area contributed by atoms with Gasteiger partial charge in [0.1, 0.15) is 5.75 Å². The molecule has 1 unspecified atom stereocenters. The van der Waals surface area contributed by atoms with E-state index in [0.717, 1.165) is 31.0 Å². The average Bonchev–Trinajstić information content (AvgIpc) is 2.47. The number of aromatic nitrogens is 1. The molecule has 0 bridgehead atoms. The molecule has 19 heavy (non-hydrogen) atoms. The van der Waals surface area contributed by atoms with Gasteiger partial charge in [0.25, 0.3) is 0 Å². The molecule has 98 valence electrons. The zero-order valence-electron chi connectivity index (χ0n) is 11.1. The van der Waals surface area contributed by atoms with Gasteiger partial charge in [0, 0.05) is 36.5 Å². The van der Waals surface area contributed by atoms with Crippen molar-refractivity contribution >= 4 is 0 Å². The van der Waals surface area contributed by atoms with E-state index < -0.39 is 0 Å². The summed E-state index contributed by atoms with van der Waals surface area (Å²) in [6.45, 7) is 3.62. The van der Waals surface area contributed by atoms with E-state index in [4.69, 9.17) is 4.74 Å². The highest BCUT2D eigenvalue weighted by Crippen LogP contribution is 2.31. The summed E-state index contributed by atoms with van der Waals surface area (Å²) in [6.07, 6.45) is 2.95. The molecule has 0 saturated heterocycles. The minimum atomic E-state index is 0.367. The van der Waals surface area contributed by atoms with Gasteiger partial charge in [-0.3, -0.25) is 4.98 Å². The van der Waals surface area contributed by atoms with Crippen LogP contribution in [0.3, 0.4) is 0 Å². The highest BCUT2D eigenvalue weighted by atomic mass is 16.5. The lowest BCUT2D eigenvalue weighted by atomic mass is 10.0. The normalized spacial score (nSPS) is 17.6. The fourth-order valence-corrected chi connectivity index (χ4v) is 2.40. The molecule has 0 spiro atoms. The van der Waals surface area contributed by atoms with Crippen LogP contribution in [-0.2, 0) is 6.54 Å². The molecule has 1 N–H and O–H groups in total. The molecule has 0 saturated carbocycles. The number of nitrogens with one attached hydrogen (secondary N) is 1. The summed E-state index contributed by atoms with van der Waals surface area (Å²) in [7, 11) is 0. The molecule has 0 fully saturated rings. The largest absolute Gasteiger partial charge is 0.493 e. The number of hydrogen-bond acceptors (Lipinski definition) is 3. The lowest BCUT2D eigenvalue weighted by molar-refractivity contribution is 0.252. The second kappa shape index (κ2) is 5.41. The van der Waals surface area contributed by atoms with Crippen molar-refractivity contribution in [3.05, 3.63) is 59.4 Å². The van der Waals surface area contributed by atoms with Gasteiger partial charge < -0.3 is 10.1 Å². The van der Waals surface area contributed by atoms with E-state index in [9.17, 15) is 0 Å². The van der Waals surface area contributed by atoms with E-state index in [1.165, 1.54) is 11.1 Å². The zero-order chi connectivity index (χ0) is 13.1. The van der Waals surface area contributed by atoms with Crippen LogP contribution in [0.4, 0.5) is 0 Å². The van der Waals surface area contributed by atoms with Gasteiger partial charge in [-0.05, 0) is 24.6 Å². The summed E-state index contributed by atoms with van der Waals surface area (Å²) in [6, 6.07) is 12.8. The van der Waals surface area contributed by atoms with E-state index in [1.54, 1.807) is 0 Å². The summed E-state index contributed by atoms with van der Waals surface area (Å²) >= 11 is 0. The molecular weight excluding hydrogens is 236 g/mol. The van der Waals surface area contributed by atoms with Crippen molar-refractivity contribution in [3.8, 4) is 5.75 Å². The first-order valence-electron chi connectivity index (χ1n) is 6.69. The molecular formula is C16H18N2O. The second-order valence-electron chi connectivity index (χ2n) is 4.92. The lowest BCUT2D eigenvalue weighted by Gasteiger charge is -2.26. The molecule has 2 heterocycles. The maximum Gasteiger partial charge on any atom is 0.124 e. The van der Waals surface area contributed by atoms with E-state index in [-0.39, 0.29) is 0 Å². The van der Waals surface area contributed by atoms with E-state index in [1.807, 2.05) is 25.3 Å². The fourth-order valence-electron chi connectivity index (χ4n) is 2.40. The Hall–Kier alpha value is -1.87. The molecule has 1 aliphatic heterocycles. The molecule has 0 amide bonds. The number of aryl methyl sites for hydroxylation is 1. The summed E-state index contributed by atoms with van der Waals surface area (Å²) in [5.41, 5.74) is 3.53. The Morgan fingerprint density at radius 3 is 3.00 bits per heavy atom. The SMILES string of the molecule is Cc1ccc(CNC2CCOc3ccccc32)cn1. The van der Waals surface area contributed by atoms with Crippen LogP contribution >= 0.6 is 0 Å². The number of fused-ring (bicyclic) bond motifs is 1. The Kier molecular flexibility index (Phi) is 3.47. The number of hydrogen-bond donors (Lipinski definition) is 1. The first kappa shape index (κ1) is 12.2. The number of para-hydroxylation sites is 1. The maximum absolute atomic E-state index is 5.67. The first-order chi connectivity index (χ1) is 9.33. The molecule has 2 aromatic rings. The van der Waals surface area contributed by atoms with E-state index in [2.05, 4.69) is 34.6 Å². The van der Waals surface area contributed by atoms with Crippen LogP contribution in [0.1, 0.15) is 29.3 Å². The summed E-state index contributed by atoms with van der Waals surface area (Å²) < 4.78 is 5.67. The van der Waals surface area contributed by atoms with Gasteiger partial charge in [-0.15, -0.1) is 0 Å². The minimum absolute atomic E-state index is 0.367. The van der Waals surface area contributed by atoms with Crippen LogP contribution in [0.2, 0.25) is 0 Å². The molecule has 1 aromatic carbocycles. The lowest BCUT2D eigenvalue weighted by Crippen LogP contribution is -2.26. The van der Waals surface area contributed by atoms with Gasteiger partial charge in [-0.1, -0.05) is 24.3 Å². The third-order valence-electron chi connectivity index (χ3n) is 3.48. The molecule has 1 aromatic heterocycles. The Balaban J connectivity index is 1.69. The van der Waals surface area contributed by atoms with Gasteiger partial charge in [0.15, 0.2) is 0 Å². The van der Waals surface area contributed by atoms with Crippen LogP contribution in [0.25, 0.3) is 0 Å². The molecule has 3 rings (SSSR count). The summed E-state index contributed by atoms with van der Waals surface area (Å²) in [4.78, 5) is 4.32. The molecule has 3 nitrogen and oxygen atoms in total. The first-order valence-corrected chi connectivity index (χ1v) is 6.69. The molecule has 0 aliphatic carbocycles. The predicted octanol–water partition coefficient (Wildman–Crippen LogP) is 3.00. The van der Waals surface area contributed by atoms with E-state index in [0.29, 0.717) is 6.04 Å². The summed E-state index contributed by atoms with van der Waals surface area (Å²) in [5, 5.41) is 3.59. The van der Waals surface area contributed by atoms with Crippen LogP contribution in [0.5, 0.6) is 5.75 Å². The monoisotopic (exact) mass is 254 g/mol. The quantitative estimate of drug-likeness (QED) is 0.914. The number of nitrogens with zero attached hydrogens (tertiary/aromatic N) is 1. The van der Waals surface area contributed by atoms with Gasteiger partial charge in [-0.2, -0.15) is 0 Å². The van der Waals surface area contributed by atoms with Gasteiger partial charge >= 0.3 is 0 Å². The zero-order valence-corrected chi connectivity index (χ0v) is 11.1. The predicted molar refractivity (Wildman–Crippen MR) is 75.1 cm³/mol. The van der Waals surface area contributed by atoms with Crippen LogP contribution in [0.15, 0.2) is 42.6 Å². The molecule has 3 heteroatoms. The van der Waals surface area contributed by atoms with Crippen molar-refractivity contribution in [2.75, 3.05) is 6.61 Å². The Bertz CT molecular complexity index is 551. The van der Waals surface area contributed by atoms with Crippen LogP contribution in [0, 0.1) is 6.92 Å². The number of rotatable bonds is 3. The van der Waals surface area contributed by atoms with Crippen LogP contribution in [-0.4, -0.2) is 11.6 Å². The Morgan fingerprint density at radius 1 is 1.26 bits per heavy atom. The number of benzene rings is 1. The van der Waals surface area contributed by atoms with Crippen molar-refractivity contribution in [1.29, 1.82) is 0 Å². The van der Waals surface area contributed by atoms with Crippen molar-refractivity contribution in [3.63, 3.8) is 0 Å². The van der Waals surface area contributed by atoms with Crippen molar-refractivity contribution in [2.45, 2.75) is 25.9 Å². The topological polar surface area (TPSA) is 34.1 Å². The second-order valence-corrected chi connectivity index (χ2v) is 4.92. The van der Waals surface area contributed by atoms with Crippen molar-refractivity contribution in [1.82, 2.24) is 10.3 Å². The fraction of sp³-hybridized carbons (Fsp3) is 0.312. The van der Waals surface area contributed by atoms with Crippen molar-refractivity contribution in [2.24, 2.45) is 0 Å². The number of pyridine rings is 1. The summed E-state index contributed by atoms with van der Waals surface area (Å²) in [5.74, 6) is 1.01. The van der Waals surface area contributed by atoms with Gasteiger partial charge in [-0.25, -0.2) is 0 Å². The third-order valence-corrected chi connectivity index (χ3v) is 3.48. The Labute approximate surface area is 113 Å². The van der Waals surface area contributed by atoms with Crippen molar-refractivity contribution < 1.29 is 4.74 Å².